The van der Waals surface area contributed by atoms with E-state index in [4.69, 9.17) is 0 Å². The number of aromatic nitrogens is 2. The highest BCUT2D eigenvalue weighted by Crippen LogP contribution is 2.27. The van der Waals surface area contributed by atoms with Gasteiger partial charge in [0.2, 0.25) is 5.91 Å². The quantitative estimate of drug-likeness (QED) is 0.606. The standard InChI is InChI=1S/C22H23N3O2/c26-21-11-10-16(12-15-6-2-1-3-7-15)13-20(21)23-22(27)14-19-17-8-4-5-9-18(17)24-25-19/h1-3,6-7,10-11,13,26H,4-5,8-9,12,14H2,(H,23,27)(H,24,25). The Labute approximate surface area is 158 Å². The van der Waals surface area contributed by atoms with Crippen LogP contribution in [-0.2, 0) is 30.5 Å². The number of phenolic OH excluding ortho intramolecular Hbond substituents is 1. The van der Waals surface area contributed by atoms with Crippen molar-refractivity contribution in [3.63, 3.8) is 0 Å². The summed E-state index contributed by atoms with van der Waals surface area (Å²) in [5.41, 5.74) is 5.84. The van der Waals surface area contributed by atoms with E-state index < -0.39 is 0 Å². The summed E-state index contributed by atoms with van der Waals surface area (Å²) in [6.07, 6.45) is 5.26. The molecule has 0 saturated carbocycles. The molecule has 0 atom stereocenters. The van der Waals surface area contributed by atoms with Gasteiger partial charge in [0.25, 0.3) is 0 Å². The van der Waals surface area contributed by atoms with Crippen LogP contribution in [0.5, 0.6) is 5.75 Å². The van der Waals surface area contributed by atoms with Crippen LogP contribution < -0.4 is 5.32 Å². The number of anilines is 1. The third-order valence-electron chi connectivity index (χ3n) is 5.06. The number of benzene rings is 2. The lowest BCUT2D eigenvalue weighted by atomic mass is 9.95. The number of rotatable bonds is 5. The van der Waals surface area contributed by atoms with E-state index in [1.54, 1.807) is 6.07 Å². The van der Waals surface area contributed by atoms with E-state index in [0.717, 1.165) is 42.6 Å². The van der Waals surface area contributed by atoms with Gasteiger partial charge in [-0.05, 0) is 60.9 Å². The fraction of sp³-hybridized carbons (Fsp3) is 0.273. The zero-order valence-corrected chi connectivity index (χ0v) is 15.2. The molecule has 1 aromatic heterocycles. The number of fused-ring (bicyclic) bond motifs is 1. The zero-order valence-electron chi connectivity index (χ0n) is 15.2. The molecular weight excluding hydrogens is 338 g/mol. The van der Waals surface area contributed by atoms with Gasteiger partial charge in [0.15, 0.2) is 0 Å². The van der Waals surface area contributed by atoms with Crippen LogP contribution in [0, 0.1) is 0 Å². The van der Waals surface area contributed by atoms with Crippen molar-refractivity contribution in [3.05, 3.63) is 76.6 Å². The zero-order chi connectivity index (χ0) is 18.6. The topological polar surface area (TPSA) is 78.0 Å². The lowest BCUT2D eigenvalue weighted by molar-refractivity contribution is -0.115. The Bertz CT molecular complexity index is 947. The predicted octanol–water partition coefficient (Wildman–Crippen LogP) is 3.77. The molecule has 3 aromatic rings. The molecule has 5 nitrogen and oxygen atoms in total. The van der Waals surface area contributed by atoms with Crippen molar-refractivity contribution < 1.29 is 9.90 Å². The number of nitrogens with zero attached hydrogens (tertiary/aromatic N) is 1. The number of aryl methyl sites for hydroxylation is 1. The maximum absolute atomic E-state index is 12.5. The average molecular weight is 361 g/mol. The number of aromatic hydroxyl groups is 1. The monoisotopic (exact) mass is 361 g/mol. The summed E-state index contributed by atoms with van der Waals surface area (Å²) in [5.74, 6) is -0.0914. The normalized spacial score (nSPS) is 13.2. The molecule has 1 heterocycles. The van der Waals surface area contributed by atoms with Crippen LogP contribution >= 0.6 is 0 Å². The number of phenols is 1. The van der Waals surface area contributed by atoms with Gasteiger partial charge in [0, 0.05) is 5.69 Å². The second-order valence-electron chi connectivity index (χ2n) is 7.07. The van der Waals surface area contributed by atoms with Gasteiger partial charge in [0.05, 0.1) is 17.8 Å². The Hall–Kier alpha value is -3.08. The number of carbonyl (C=O) groups is 1. The minimum absolute atomic E-state index is 0.0734. The number of hydrogen-bond acceptors (Lipinski definition) is 3. The maximum atomic E-state index is 12.5. The Morgan fingerprint density at radius 1 is 1.07 bits per heavy atom. The van der Waals surface area contributed by atoms with Gasteiger partial charge in [0.1, 0.15) is 5.75 Å². The molecule has 5 heteroatoms. The second-order valence-corrected chi connectivity index (χ2v) is 7.07. The lowest BCUT2D eigenvalue weighted by Gasteiger charge is -2.12. The van der Waals surface area contributed by atoms with Gasteiger partial charge in [-0.2, -0.15) is 5.10 Å². The molecule has 4 rings (SSSR count). The largest absolute Gasteiger partial charge is 0.506 e. The summed E-state index contributed by atoms with van der Waals surface area (Å²) in [6.45, 7) is 0. The number of nitrogens with one attached hydrogen (secondary N) is 2. The lowest BCUT2D eigenvalue weighted by Crippen LogP contribution is -2.16. The van der Waals surface area contributed by atoms with E-state index in [9.17, 15) is 9.90 Å². The van der Waals surface area contributed by atoms with Gasteiger partial charge < -0.3 is 10.4 Å². The van der Waals surface area contributed by atoms with Crippen molar-refractivity contribution in [1.82, 2.24) is 10.2 Å². The summed E-state index contributed by atoms with van der Waals surface area (Å²) >= 11 is 0. The van der Waals surface area contributed by atoms with E-state index in [1.807, 2.05) is 30.3 Å². The van der Waals surface area contributed by atoms with Crippen molar-refractivity contribution in [2.75, 3.05) is 5.32 Å². The van der Waals surface area contributed by atoms with Crippen LogP contribution in [0.2, 0.25) is 0 Å². The van der Waals surface area contributed by atoms with Gasteiger partial charge in [-0.25, -0.2) is 0 Å². The molecule has 0 spiro atoms. The smallest absolute Gasteiger partial charge is 0.230 e. The molecule has 1 aliphatic carbocycles. The highest BCUT2D eigenvalue weighted by Gasteiger charge is 2.19. The van der Waals surface area contributed by atoms with Crippen molar-refractivity contribution in [3.8, 4) is 5.75 Å². The van der Waals surface area contributed by atoms with E-state index in [2.05, 4.69) is 27.6 Å². The van der Waals surface area contributed by atoms with Gasteiger partial charge in [-0.3, -0.25) is 9.89 Å². The third kappa shape index (κ3) is 4.03. The van der Waals surface area contributed by atoms with Crippen LogP contribution in [0.25, 0.3) is 0 Å². The Morgan fingerprint density at radius 3 is 2.74 bits per heavy atom. The molecule has 0 bridgehead atoms. The number of amides is 1. The molecule has 27 heavy (non-hydrogen) atoms. The molecule has 0 saturated heterocycles. The third-order valence-corrected chi connectivity index (χ3v) is 5.06. The molecule has 0 fully saturated rings. The van der Waals surface area contributed by atoms with E-state index in [0.29, 0.717) is 5.69 Å². The van der Waals surface area contributed by atoms with Gasteiger partial charge in [-0.15, -0.1) is 0 Å². The fourth-order valence-corrected chi connectivity index (χ4v) is 3.67. The minimum atomic E-state index is -0.165. The molecule has 0 aliphatic heterocycles. The van der Waals surface area contributed by atoms with Crippen LogP contribution in [-0.4, -0.2) is 21.2 Å². The Kier molecular flexibility index (Phi) is 4.92. The maximum Gasteiger partial charge on any atom is 0.230 e. The van der Waals surface area contributed by atoms with E-state index >= 15 is 0 Å². The van der Waals surface area contributed by atoms with Crippen LogP contribution in [0.4, 0.5) is 5.69 Å². The first-order chi connectivity index (χ1) is 13.2. The average Bonchev–Trinajstić information content (AvgIpc) is 3.08. The van der Waals surface area contributed by atoms with Gasteiger partial charge >= 0.3 is 0 Å². The fourth-order valence-electron chi connectivity index (χ4n) is 3.67. The highest BCUT2D eigenvalue weighted by atomic mass is 16.3. The van der Waals surface area contributed by atoms with Crippen molar-refractivity contribution in [2.45, 2.75) is 38.5 Å². The second kappa shape index (κ2) is 7.66. The summed E-state index contributed by atoms with van der Waals surface area (Å²) in [6, 6.07) is 15.5. The minimum Gasteiger partial charge on any atom is -0.506 e. The number of aromatic amines is 1. The predicted molar refractivity (Wildman–Crippen MR) is 105 cm³/mol. The van der Waals surface area contributed by atoms with E-state index in [-0.39, 0.29) is 18.1 Å². The molecule has 1 amide bonds. The van der Waals surface area contributed by atoms with Crippen molar-refractivity contribution >= 4 is 11.6 Å². The summed E-state index contributed by atoms with van der Waals surface area (Å²) in [7, 11) is 0. The number of carbonyl (C=O) groups excluding carboxylic acids is 1. The SMILES string of the molecule is O=C(Cc1n[nH]c2c1CCCC2)Nc1cc(Cc2ccccc2)ccc1O. The first kappa shape index (κ1) is 17.3. The van der Waals surface area contributed by atoms with Gasteiger partial charge in [-0.1, -0.05) is 36.4 Å². The molecule has 0 unspecified atom stereocenters. The molecule has 0 radical (unpaired) electrons. The summed E-state index contributed by atoms with van der Waals surface area (Å²) in [4.78, 5) is 12.5. The van der Waals surface area contributed by atoms with Crippen molar-refractivity contribution in [2.24, 2.45) is 0 Å². The Balaban J connectivity index is 1.46. The molecular formula is C22H23N3O2. The highest BCUT2D eigenvalue weighted by molar-refractivity contribution is 5.93. The Morgan fingerprint density at radius 2 is 1.89 bits per heavy atom. The van der Waals surface area contributed by atoms with Crippen LogP contribution in [0.3, 0.4) is 0 Å². The summed E-state index contributed by atoms with van der Waals surface area (Å²) in [5, 5.41) is 20.4. The van der Waals surface area contributed by atoms with Crippen LogP contribution in [0.15, 0.2) is 48.5 Å². The van der Waals surface area contributed by atoms with E-state index in [1.165, 1.54) is 17.5 Å². The number of H-pyrrole nitrogens is 1. The first-order valence-corrected chi connectivity index (χ1v) is 9.39. The molecule has 3 N–H and O–H groups in total. The number of hydrogen-bond donors (Lipinski definition) is 3. The molecule has 1 aliphatic rings. The van der Waals surface area contributed by atoms with Crippen LogP contribution in [0.1, 0.15) is 40.9 Å². The first-order valence-electron chi connectivity index (χ1n) is 9.39. The summed E-state index contributed by atoms with van der Waals surface area (Å²) < 4.78 is 0. The van der Waals surface area contributed by atoms with Crippen molar-refractivity contribution in [1.29, 1.82) is 0 Å². The molecule has 138 valence electrons. The molecule has 2 aromatic carbocycles.